The fourth-order valence-corrected chi connectivity index (χ4v) is 3.40. The number of carbonyl (C=O) groups is 1. The largest absolute Gasteiger partial charge is 0.290 e. The maximum absolute atomic E-state index is 12.9. The van der Waals surface area contributed by atoms with E-state index in [-0.39, 0.29) is 11.9 Å². The number of thiazole rings is 1. The molecule has 2 heterocycles. The van der Waals surface area contributed by atoms with Gasteiger partial charge in [-0.25, -0.2) is 9.97 Å². The van der Waals surface area contributed by atoms with Crippen molar-refractivity contribution in [2.24, 2.45) is 0 Å². The summed E-state index contributed by atoms with van der Waals surface area (Å²) >= 11 is 5.62. The minimum absolute atomic E-state index is 0.0681. The Morgan fingerprint density at radius 1 is 1.21 bits per heavy atom. The lowest BCUT2D eigenvalue weighted by Crippen LogP contribution is -2.37. The molecule has 0 radical (unpaired) electrons. The summed E-state index contributed by atoms with van der Waals surface area (Å²) < 4.78 is 0.643. The fourth-order valence-electron chi connectivity index (χ4n) is 2.36. The van der Waals surface area contributed by atoms with Gasteiger partial charge in [-0.15, -0.1) is 12.6 Å². The minimum atomic E-state index is -0.156. The number of fused-ring (bicyclic) bond motifs is 1. The molecular weight excluding hydrogens is 340 g/mol. The number of nitriles is 1. The van der Waals surface area contributed by atoms with Crippen LogP contribution in [0.2, 0.25) is 0 Å². The minimum Gasteiger partial charge on any atom is -0.290 e. The van der Waals surface area contributed by atoms with Crippen molar-refractivity contribution in [1.82, 2.24) is 9.97 Å². The Kier molecular flexibility index (Phi) is 4.51. The third kappa shape index (κ3) is 3.11. The van der Waals surface area contributed by atoms with Gasteiger partial charge in [-0.2, -0.15) is 5.26 Å². The van der Waals surface area contributed by atoms with E-state index in [1.165, 1.54) is 11.3 Å². The highest BCUT2D eigenvalue weighted by Crippen LogP contribution is 2.27. The average Bonchev–Trinajstić information content (AvgIpc) is 2.94. The number of hydrogen-bond donors (Lipinski definition) is 1. The van der Waals surface area contributed by atoms with Gasteiger partial charge in [0.15, 0.2) is 0 Å². The average molecular weight is 354 g/mol. The van der Waals surface area contributed by atoms with E-state index >= 15 is 0 Å². The maximum Gasteiger partial charge on any atom is 0.259 e. The number of amides is 1. The molecule has 24 heavy (non-hydrogen) atoms. The van der Waals surface area contributed by atoms with Crippen LogP contribution in [-0.2, 0) is 0 Å². The molecule has 0 aliphatic heterocycles. The van der Waals surface area contributed by atoms with Gasteiger partial charge in [0.2, 0.25) is 0 Å². The molecular formula is C17H14N4OS2. The number of thiol groups is 1. The SMILES string of the molecule is CC(C)N(C(=O)c1ccc(C#N)cc1)c1ccc2nc(S)sc2n1. The molecule has 1 aromatic carbocycles. The molecule has 0 fully saturated rings. The topological polar surface area (TPSA) is 69.9 Å². The molecule has 0 aliphatic rings. The van der Waals surface area contributed by atoms with Gasteiger partial charge in [-0.05, 0) is 50.2 Å². The van der Waals surface area contributed by atoms with E-state index in [1.807, 2.05) is 26.0 Å². The molecule has 0 aliphatic carbocycles. The van der Waals surface area contributed by atoms with Crippen LogP contribution in [0.1, 0.15) is 29.8 Å². The molecule has 0 N–H and O–H groups in total. The number of pyridine rings is 1. The summed E-state index contributed by atoms with van der Waals surface area (Å²) in [5.41, 5.74) is 1.81. The summed E-state index contributed by atoms with van der Waals surface area (Å²) in [5, 5.41) is 8.88. The van der Waals surface area contributed by atoms with Gasteiger partial charge in [0.05, 0.1) is 11.6 Å². The second kappa shape index (κ2) is 6.59. The molecule has 7 heteroatoms. The van der Waals surface area contributed by atoms with Crippen molar-refractivity contribution in [2.75, 3.05) is 4.90 Å². The van der Waals surface area contributed by atoms with E-state index in [0.29, 0.717) is 21.3 Å². The quantitative estimate of drug-likeness (QED) is 0.724. The Hall–Kier alpha value is -2.43. The molecule has 5 nitrogen and oxygen atoms in total. The van der Waals surface area contributed by atoms with Crippen LogP contribution in [0.5, 0.6) is 0 Å². The predicted molar refractivity (Wildman–Crippen MR) is 97.8 cm³/mol. The zero-order valence-corrected chi connectivity index (χ0v) is 14.8. The fraction of sp³-hybridized carbons (Fsp3) is 0.176. The van der Waals surface area contributed by atoms with Crippen molar-refractivity contribution in [3.63, 3.8) is 0 Å². The number of carbonyl (C=O) groups excluding carboxylic acids is 1. The van der Waals surface area contributed by atoms with Crippen molar-refractivity contribution in [3.05, 3.63) is 47.5 Å². The van der Waals surface area contributed by atoms with Crippen molar-refractivity contribution >= 4 is 46.0 Å². The number of aromatic nitrogens is 2. The van der Waals surface area contributed by atoms with Crippen LogP contribution in [0.15, 0.2) is 40.7 Å². The first-order valence-electron chi connectivity index (χ1n) is 7.30. The monoisotopic (exact) mass is 354 g/mol. The van der Waals surface area contributed by atoms with E-state index in [1.54, 1.807) is 35.2 Å². The Balaban J connectivity index is 2.01. The van der Waals surface area contributed by atoms with Crippen LogP contribution in [-0.4, -0.2) is 21.9 Å². The molecule has 0 saturated carbocycles. The molecule has 0 saturated heterocycles. The molecule has 3 aromatic rings. The van der Waals surface area contributed by atoms with Crippen molar-refractivity contribution in [1.29, 1.82) is 5.26 Å². The third-order valence-electron chi connectivity index (χ3n) is 3.47. The Morgan fingerprint density at radius 2 is 1.92 bits per heavy atom. The summed E-state index contributed by atoms with van der Waals surface area (Å²) in [5.74, 6) is 0.417. The highest BCUT2D eigenvalue weighted by atomic mass is 32.2. The molecule has 0 bridgehead atoms. The molecule has 0 atom stereocenters. The zero-order valence-electron chi connectivity index (χ0n) is 13.1. The summed E-state index contributed by atoms with van der Waals surface area (Å²) in [7, 11) is 0. The Labute approximate surface area is 149 Å². The summed E-state index contributed by atoms with van der Waals surface area (Å²) in [6, 6.07) is 12.2. The lowest BCUT2D eigenvalue weighted by Gasteiger charge is -2.25. The van der Waals surface area contributed by atoms with Gasteiger partial charge in [0.25, 0.3) is 5.91 Å². The zero-order chi connectivity index (χ0) is 17.3. The predicted octanol–water partition coefficient (Wildman–Crippen LogP) is 3.91. The van der Waals surface area contributed by atoms with E-state index in [4.69, 9.17) is 5.26 Å². The van der Waals surface area contributed by atoms with Crippen LogP contribution < -0.4 is 4.90 Å². The van der Waals surface area contributed by atoms with E-state index in [9.17, 15) is 4.79 Å². The van der Waals surface area contributed by atoms with E-state index in [2.05, 4.69) is 22.6 Å². The van der Waals surface area contributed by atoms with Crippen LogP contribution in [0, 0.1) is 11.3 Å². The first-order chi connectivity index (χ1) is 11.5. The van der Waals surface area contributed by atoms with Gasteiger partial charge >= 0.3 is 0 Å². The van der Waals surface area contributed by atoms with Crippen LogP contribution >= 0.6 is 24.0 Å². The lowest BCUT2D eigenvalue weighted by atomic mass is 10.1. The van der Waals surface area contributed by atoms with Crippen LogP contribution in [0.25, 0.3) is 10.3 Å². The Bertz CT molecular complexity index is 941. The van der Waals surface area contributed by atoms with Crippen LogP contribution in [0.4, 0.5) is 5.82 Å². The number of benzene rings is 1. The number of anilines is 1. The standard InChI is InChI=1S/C17H14N4OS2/c1-10(2)21(16(22)12-5-3-11(9-18)4-6-12)14-8-7-13-15(20-14)24-17(23)19-13/h3-8,10H,1-2H3,(H,19,23). The first kappa shape index (κ1) is 16.4. The second-order valence-electron chi connectivity index (χ2n) is 5.45. The van der Waals surface area contributed by atoms with Gasteiger partial charge < -0.3 is 0 Å². The molecule has 120 valence electrons. The van der Waals surface area contributed by atoms with Gasteiger partial charge in [-0.1, -0.05) is 11.3 Å². The summed E-state index contributed by atoms with van der Waals surface area (Å²) in [6.07, 6.45) is 0. The van der Waals surface area contributed by atoms with Crippen molar-refractivity contribution < 1.29 is 4.79 Å². The normalized spacial score (nSPS) is 10.8. The van der Waals surface area contributed by atoms with E-state index < -0.39 is 0 Å². The van der Waals surface area contributed by atoms with Crippen molar-refractivity contribution in [2.45, 2.75) is 24.2 Å². The van der Waals surface area contributed by atoms with E-state index in [0.717, 1.165) is 10.3 Å². The lowest BCUT2D eigenvalue weighted by molar-refractivity contribution is 0.0979. The molecule has 1 amide bonds. The van der Waals surface area contributed by atoms with Gasteiger partial charge in [0, 0.05) is 11.6 Å². The highest BCUT2D eigenvalue weighted by Gasteiger charge is 2.22. The second-order valence-corrected chi connectivity index (χ2v) is 7.15. The van der Waals surface area contributed by atoms with Gasteiger partial charge in [-0.3, -0.25) is 9.69 Å². The molecule has 0 spiro atoms. The molecule has 3 rings (SSSR count). The van der Waals surface area contributed by atoms with Crippen molar-refractivity contribution in [3.8, 4) is 6.07 Å². The first-order valence-corrected chi connectivity index (χ1v) is 8.56. The number of nitrogens with zero attached hydrogens (tertiary/aromatic N) is 4. The summed E-state index contributed by atoms with van der Waals surface area (Å²) in [4.78, 5) is 24.1. The Morgan fingerprint density at radius 3 is 2.54 bits per heavy atom. The highest BCUT2D eigenvalue weighted by molar-refractivity contribution is 7.82. The maximum atomic E-state index is 12.9. The smallest absolute Gasteiger partial charge is 0.259 e. The number of rotatable bonds is 3. The molecule has 0 unspecified atom stereocenters. The van der Waals surface area contributed by atoms with Gasteiger partial charge in [0.1, 0.15) is 20.5 Å². The molecule has 2 aromatic heterocycles. The third-order valence-corrected chi connectivity index (χ3v) is 4.61. The summed E-state index contributed by atoms with van der Waals surface area (Å²) in [6.45, 7) is 3.87. The van der Waals surface area contributed by atoms with Crippen LogP contribution in [0.3, 0.4) is 0 Å². The number of hydrogen-bond acceptors (Lipinski definition) is 6.